The lowest BCUT2D eigenvalue weighted by atomic mass is 10.0. The van der Waals surface area contributed by atoms with Crippen molar-refractivity contribution in [3.8, 4) is 0 Å². The van der Waals surface area contributed by atoms with Crippen molar-refractivity contribution >= 4 is 0 Å². The van der Waals surface area contributed by atoms with Crippen molar-refractivity contribution in [2.24, 2.45) is 0 Å². The third-order valence-corrected chi connectivity index (χ3v) is 8.22. The largest absolute Gasteiger partial charge is 0.352 e. The molecule has 0 fully saturated rings. The summed E-state index contributed by atoms with van der Waals surface area (Å²) >= 11 is 0. The number of nitrogens with zero attached hydrogens (tertiary/aromatic N) is 2. The summed E-state index contributed by atoms with van der Waals surface area (Å²) in [5, 5.41) is 0. The van der Waals surface area contributed by atoms with Gasteiger partial charge in [0.05, 0.1) is 0 Å². The number of hydrogen-bond acceptors (Lipinski definition) is 2. The fraction of sp³-hybridized carbons (Fsp3) is 0.771. The average Bonchev–Trinajstić information content (AvgIpc) is 3.33. The third kappa shape index (κ3) is 14.9. The average molecular weight is 511 g/mol. The van der Waals surface area contributed by atoms with Gasteiger partial charge in [-0.05, 0) is 18.4 Å². The van der Waals surface area contributed by atoms with Crippen LogP contribution < -0.4 is 0 Å². The summed E-state index contributed by atoms with van der Waals surface area (Å²) in [6.45, 7) is 6.96. The normalized spacial score (nSPS) is 15.2. The van der Waals surface area contributed by atoms with Crippen LogP contribution in [-0.2, 0) is 0 Å². The number of unbranched alkanes of at least 4 members (excludes halogenated alkanes) is 20. The molecule has 2 heteroatoms. The van der Waals surface area contributed by atoms with Crippen LogP contribution >= 0.6 is 0 Å². The van der Waals surface area contributed by atoms with Gasteiger partial charge in [0.2, 0.25) is 0 Å². The van der Waals surface area contributed by atoms with E-state index in [1.807, 2.05) is 0 Å². The molecule has 2 nitrogen and oxygen atoms in total. The summed E-state index contributed by atoms with van der Waals surface area (Å²) in [5.41, 5.74) is 1.44. The molecular weight excluding hydrogens is 448 g/mol. The molecule has 37 heavy (non-hydrogen) atoms. The molecule has 1 unspecified atom stereocenters. The van der Waals surface area contributed by atoms with E-state index in [2.05, 4.69) is 66.4 Å². The smallest absolute Gasteiger partial charge is 0.127 e. The second-order valence-electron chi connectivity index (χ2n) is 11.6. The molecule has 0 aliphatic carbocycles. The molecule has 1 atom stereocenters. The highest BCUT2D eigenvalue weighted by Gasteiger charge is 2.26. The number of hydrogen-bond donors (Lipinski definition) is 0. The van der Waals surface area contributed by atoms with Crippen LogP contribution in [0.4, 0.5) is 0 Å². The Bertz CT molecular complexity index is 640. The molecule has 0 saturated heterocycles. The van der Waals surface area contributed by atoms with Crippen LogP contribution in [0.15, 0.2) is 42.7 Å². The third-order valence-electron chi connectivity index (χ3n) is 8.22. The molecule has 1 aromatic rings. The molecule has 0 N–H and O–H groups in total. The van der Waals surface area contributed by atoms with E-state index in [1.54, 1.807) is 0 Å². The Morgan fingerprint density at radius 2 is 0.757 bits per heavy atom. The highest BCUT2D eigenvalue weighted by Crippen LogP contribution is 2.31. The molecule has 212 valence electrons. The molecule has 0 aromatic heterocycles. The molecule has 0 radical (unpaired) electrons. The van der Waals surface area contributed by atoms with Gasteiger partial charge in [-0.25, -0.2) is 0 Å². The second kappa shape index (κ2) is 22.5. The van der Waals surface area contributed by atoms with Crippen molar-refractivity contribution in [2.75, 3.05) is 13.1 Å². The van der Waals surface area contributed by atoms with Gasteiger partial charge in [-0.2, -0.15) is 0 Å². The van der Waals surface area contributed by atoms with Gasteiger partial charge in [0, 0.05) is 25.5 Å². The minimum Gasteiger partial charge on any atom is -0.352 e. The molecule has 1 aromatic carbocycles. The SMILES string of the molecule is CCCCCCCCCCCCCCCCCCN1C=CN(CCCCCCCC)C1c1ccccc1. The first-order valence-electron chi connectivity index (χ1n) is 16.6. The monoisotopic (exact) mass is 510 g/mol. The first kappa shape index (κ1) is 31.8. The van der Waals surface area contributed by atoms with Crippen LogP contribution in [0.25, 0.3) is 0 Å². The topological polar surface area (TPSA) is 6.48 Å². The zero-order chi connectivity index (χ0) is 26.2. The van der Waals surface area contributed by atoms with Gasteiger partial charge in [-0.15, -0.1) is 0 Å². The maximum absolute atomic E-state index is 2.59. The Kier molecular flexibility index (Phi) is 19.4. The molecule has 0 bridgehead atoms. The standard InChI is InChI=1S/C35H62N2/c1-3-5-7-9-11-12-13-14-15-16-17-18-19-20-22-27-31-37-33-32-36(30-26-21-10-8-6-4-2)35(37)34-28-24-23-25-29-34/h23-25,28-29,32-33,35H,3-22,26-27,30-31H2,1-2H3. The van der Waals surface area contributed by atoms with Crippen LogP contribution in [0, 0.1) is 0 Å². The van der Waals surface area contributed by atoms with Crippen molar-refractivity contribution < 1.29 is 0 Å². The summed E-state index contributed by atoms with van der Waals surface area (Å²) in [7, 11) is 0. The van der Waals surface area contributed by atoms with Crippen molar-refractivity contribution in [3.63, 3.8) is 0 Å². The lowest BCUT2D eigenvalue weighted by Crippen LogP contribution is -2.32. The van der Waals surface area contributed by atoms with Crippen molar-refractivity contribution in [3.05, 3.63) is 48.3 Å². The van der Waals surface area contributed by atoms with Crippen molar-refractivity contribution in [1.82, 2.24) is 9.80 Å². The number of rotatable bonds is 25. The van der Waals surface area contributed by atoms with E-state index in [0.29, 0.717) is 6.17 Å². The maximum atomic E-state index is 2.59. The summed E-state index contributed by atoms with van der Waals surface area (Å²) in [6.07, 6.45) is 36.3. The highest BCUT2D eigenvalue weighted by molar-refractivity contribution is 5.21. The zero-order valence-electron chi connectivity index (χ0n) is 25.0. The Morgan fingerprint density at radius 3 is 1.11 bits per heavy atom. The summed E-state index contributed by atoms with van der Waals surface area (Å²) in [4.78, 5) is 5.18. The summed E-state index contributed by atoms with van der Waals surface area (Å²) < 4.78 is 0. The first-order valence-corrected chi connectivity index (χ1v) is 16.6. The van der Waals surface area contributed by atoms with Gasteiger partial charge in [0.1, 0.15) is 6.17 Å². The summed E-state index contributed by atoms with van der Waals surface area (Å²) in [6, 6.07) is 11.2. The fourth-order valence-corrected chi connectivity index (χ4v) is 5.84. The molecule has 2 rings (SSSR count). The molecular formula is C35H62N2. The van der Waals surface area contributed by atoms with Gasteiger partial charge < -0.3 is 9.80 Å². The number of benzene rings is 1. The molecule has 0 amide bonds. The Morgan fingerprint density at radius 1 is 0.432 bits per heavy atom. The van der Waals surface area contributed by atoms with Crippen LogP contribution in [0.5, 0.6) is 0 Å². The van der Waals surface area contributed by atoms with E-state index in [4.69, 9.17) is 0 Å². The van der Waals surface area contributed by atoms with Crippen LogP contribution in [0.1, 0.15) is 167 Å². The summed E-state index contributed by atoms with van der Waals surface area (Å²) in [5.74, 6) is 0. The van der Waals surface area contributed by atoms with Crippen LogP contribution in [0.3, 0.4) is 0 Å². The Balaban J connectivity index is 1.51. The van der Waals surface area contributed by atoms with E-state index in [1.165, 1.54) is 160 Å². The molecule has 0 spiro atoms. The van der Waals surface area contributed by atoms with Crippen molar-refractivity contribution in [2.45, 2.75) is 161 Å². The molecule has 1 heterocycles. The van der Waals surface area contributed by atoms with Gasteiger partial charge in [-0.1, -0.05) is 173 Å². The van der Waals surface area contributed by atoms with Gasteiger partial charge >= 0.3 is 0 Å². The lowest BCUT2D eigenvalue weighted by Gasteiger charge is -2.33. The minimum absolute atomic E-state index is 0.396. The van der Waals surface area contributed by atoms with E-state index in [9.17, 15) is 0 Å². The molecule has 0 saturated carbocycles. The molecule has 1 aliphatic heterocycles. The van der Waals surface area contributed by atoms with Crippen LogP contribution in [-0.4, -0.2) is 22.9 Å². The van der Waals surface area contributed by atoms with Gasteiger partial charge in [0.15, 0.2) is 0 Å². The van der Waals surface area contributed by atoms with Gasteiger partial charge in [0.25, 0.3) is 0 Å². The Labute approximate surface area is 232 Å². The van der Waals surface area contributed by atoms with E-state index < -0.39 is 0 Å². The lowest BCUT2D eigenvalue weighted by molar-refractivity contribution is 0.149. The Hall–Kier alpha value is -1.44. The first-order chi connectivity index (χ1) is 18.4. The minimum atomic E-state index is 0.396. The van der Waals surface area contributed by atoms with E-state index in [0.717, 1.165) is 0 Å². The van der Waals surface area contributed by atoms with E-state index >= 15 is 0 Å². The quantitative estimate of drug-likeness (QED) is 0.121. The highest BCUT2D eigenvalue weighted by atomic mass is 15.4. The van der Waals surface area contributed by atoms with Crippen LogP contribution in [0.2, 0.25) is 0 Å². The predicted molar refractivity (Wildman–Crippen MR) is 165 cm³/mol. The predicted octanol–water partition coefficient (Wildman–Crippen LogP) is 11.4. The van der Waals surface area contributed by atoms with Crippen molar-refractivity contribution in [1.29, 1.82) is 0 Å². The second-order valence-corrected chi connectivity index (χ2v) is 11.6. The van der Waals surface area contributed by atoms with E-state index in [-0.39, 0.29) is 0 Å². The van der Waals surface area contributed by atoms with Gasteiger partial charge in [-0.3, -0.25) is 0 Å². The fourth-order valence-electron chi connectivity index (χ4n) is 5.84. The molecule has 1 aliphatic rings. The zero-order valence-corrected chi connectivity index (χ0v) is 25.0. The maximum Gasteiger partial charge on any atom is 0.127 e.